The molecule has 124 valence electrons. The fourth-order valence-electron chi connectivity index (χ4n) is 2.18. The molecule has 0 radical (unpaired) electrons. The maximum absolute atomic E-state index is 12.0. The number of aromatic nitrogens is 1. The molecule has 0 fully saturated rings. The van der Waals surface area contributed by atoms with E-state index in [9.17, 15) is 4.79 Å². The monoisotopic (exact) mass is 333 g/mol. The summed E-state index contributed by atoms with van der Waals surface area (Å²) < 4.78 is 10.8. The summed E-state index contributed by atoms with van der Waals surface area (Å²) in [6, 6.07) is 7.97. The number of thiazole rings is 1. The Morgan fingerprint density at radius 3 is 2.61 bits per heavy atom. The lowest BCUT2D eigenvalue weighted by Crippen LogP contribution is -2.06. The van der Waals surface area contributed by atoms with Crippen molar-refractivity contribution in [3.8, 4) is 5.75 Å². The highest BCUT2D eigenvalue weighted by atomic mass is 32.1. The van der Waals surface area contributed by atoms with E-state index in [2.05, 4.69) is 11.9 Å². The molecule has 23 heavy (non-hydrogen) atoms. The minimum absolute atomic E-state index is 0.285. The van der Waals surface area contributed by atoms with E-state index in [1.54, 1.807) is 0 Å². The number of carbonyl (C=O) groups is 1. The smallest absolute Gasteiger partial charge is 0.350 e. The predicted octanol–water partition coefficient (Wildman–Crippen LogP) is 4.40. The van der Waals surface area contributed by atoms with Crippen molar-refractivity contribution < 1.29 is 14.3 Å². The Balaban J connectivity index is 2.06. The molecule has 0 saturated carbocycles. The lowest BCUT2D eigenvalue weighted by Gasteiger charge is -2.07. The average molecular weight is 333 g/mol. The van der Waals surface area contributed by atoms with Gasteiger partial charge < -0.3 is 9.47 Å². The summed E-state index contributed by atoms with van der Waals surface area (Å²) >= 11 is 1.39. The maximum Gasteiger partial charge on any atom is 0.350 e. The molecule has 0 aliphatic rings. The van der Waals surface area contributed by atoms with Crippen molar-refractivity contribution in [3.63, 3.8) is 0 Å². The van der Waals surface area contributed by atoms with Gasteiger partial charge in [0.25, 0.3) is 0 Å². The van der Waals surface area contributed by atoms with Crippen LogP contribution < -0.4 is 4.74 Å². The van der Waals surface area contributed by atoms with Gasteiger partial charge in [-0.05, 0) is 38.0 Å². The minimum Gasteiger partial charge on any atom is -0.494 e. The topological polar surface area (TPSA) is 48.4 Å². The molecule has 1 aromatic heterocycles. The Kier molecular flexibility index (Phi) is 6.59. The summed E-state index contributed by atoms with van der Waals surface area (Å²) in [4.78, 5) is 17.1. The molecule has 0 atom stereocenters. The second-order valence-corrected chi connectivity index (χ2v) is 6.46. The van der Waals surface area contributed by atoms with Crippen LogP contribution in [0.3, 0.4) is 0 Å². The molecule has 1 aromatic carbocycles. The molecule has 0 aliphatic heterocycles. The largest absolute Gasteiger partial charge is 0.494 e. The van der Waals surface area contributed by atoms with Gasteiger partial charge in [0.15, 0.2) is 0 Å². The van der Waals surface area contributed by atoms with Gasteiger partial charge in [-0.1, -0.05) is 25.5 Å². The lowest BCUT2D eigenvalue weighted by atomic mass is 10.1. The van der Waals surface area contributed by atoms with E-state index in [1.165, 1.54) is 11.3 Å². The number of esters is 1. The fraction of sp³-hybridized carbons (Fsp3) is 0.444. The maximum atomic E-state index is 12.0. The lowest BCUT2D eigenvalue weighted by molar-refractivity contribution is 0.0530. The minimum atomic E-state index is -0.285. The Bertz CT molecular complexity index is 634. The first-order chi connectivity index (χ1) is 11.1. The van der Waals surface area contributed by atoms with Gasteiger partial charge in [-0.15, -0.1) is 11.3 Å². The molecule has 1 heterocycles. The van der Waals surface area contributed by atoms with E-state index in [0.29, 0.717) is 17.9 Å². The van der Waals surface area contributed by atoms with E-state index in [1.807, 2.05) is 38.1 Å². The van der Waals surface area contributed by atoms with Crippen LogP contribution in [0.4, 0.5) is 0 Å². The SMILES string of the molecule is CCCCOc1ccc(Cc2nc(C)sc2C(=O)OCC)cc1. The van der Waals surface area contributed by atoms with Gasteiger partial charge in [0.05, 0.1) is 23.9 Å². The highest BCUT2D eigenvalue weighted by Crippen LogP contribution is 2.23. The molecular weight excluding hydrogens is 310 g/mol. The second-order valence-electron chi connectivity index (χ2n) is 5.25. The third-order valence-electron chi connectivity index (χ3n) is 3.33. The number of aryl methyl sites for hydroxylation is 1. The van der Waals surface area contributed by atoms with Crippen LogP contribution in [0.25, 0.3) is 0 Å². The zero-order chi connectivity index (χ0) is 16.7. The van der Waals surface area contributed by atoms with E-state index in [4.69, 9.17) is 9.47 Å². The average Bonchev–Trinajstić information content (AvgIpc) is 2.90. The number of rotatable bonds is 8. The van der Waals surface area contributed by atoms with E-state index in [0.717, 1.165) is 41.5 Å². The first-order valence-corrected chi connectivity index (χ1v) is 8.80. The van der Waals surface area contributed by atoms with Crippen molar-refractivity contribution in [2.24, 2.45) is 0 Å². The summed E-state index contributed by atoms with van der Waals surface area (Å²) in [6.45, 7) is 6.97. The highest BCUT2D eigenvalue weighted by Gasteiger charge is 2.18. The van der Waals surface area contributed by atoms with Gasteiger partial charge in [-0.2, -0.15) is 0 Å². The normalized spacial score (nSPS) is 10.6. The molecule has 2 rings (SSSR count). The van der Waals surface area contributed by atoms with E-state index in [-0.39, 0.29) is 5.97 Å². The zero-order valence-corrected chi connectivity index (χ0v) is 14.7. The van der Waals surface area contributed by atoms with Crippen molar-refractivity contribution >= 4 is 17.3 Å². The molecule has 0 amide bonds. The van der Waals surface area contributed by atoms with Crippen LogP contribution >= 0.6 is 11.3 Å². The van der Waals surface area contributed by atoms with Crippen LogP contribution in [0.1, 0.15) is 52.6 Å². The number of nitrogens with zero attached hydrogens (tertiary/aromatic N) is 1. The predicted molar refractivity (Wildman–Crippen MR) is 92.5 cm³/mol. The van der Waals surface area contributed by atoms with Crippen molar-refractivity contribution in [1.82, 2.24) is 4.98 Å². The van der Waals surface area contributed by atoms with Gasteiger partial charge >= 0.3 is 5.97 Å². The third-order valence-corrected chi connectivity index (χ3v) is 4.32. The van der Waals surface area contributed by atoms with Crippen molar-refractivity contribution in [2.75, 3.05) is 13.2 Å². The number of ether oxygens (including phenoxy) is 2. The Morgan fingerprint density at radius 1 is 1.22 bits per heavy atom. The summed E-state index contributed by atoms with van der Waals surface area (Å²) in [7, 11) is 0. The van der Waals surface area contributed by atoms with Crippen LogP contribution in [-0.2, 0) is 11.2 Å². The summed E-state index contributed by atoms with van der Waals surface area (Å²) in [5.41, 5.74) is 1.88. The van der Waals surface area contributed by atoms with Crippen LogP contribution in [0.2, 0.25) is 0 Å². The van der Waals surface area contributed by atoms with Crippen LogP contribution in [0.15, 0.2) is 24.3 Å². The highest BCUT2D eigenvalue weighted by molar-refractivity contribution is 7.13. The molecule has 5 heteroatoms. The summed E-state index contributed by atoms with van der Waals surface area (Å²) in [6.07, 6.45) is 2.80. The summed E-state index contributed by atoms with van der Waals surface area (Å²) in [5.74, 6) is 0.592. The van der Waals surface area contributed by atoms with Gasteiger partial charge in [0.2, 0.25) is 0 Å². The van der Waals surface area contributed by atoms with E-state index < -0.39 is 0 Å². The van der Waals surface area contributed by atoms with Gasteiger partial charge in [0, 0.05) is 6.42 Å². The standard InChI is InChI=1S/C18H23NO3S/c1-4-6-11-22-15-9-7-14(8-10-15)12-16-17(18(20)21-5-2)23-13(3)19-16/h7-10H,4-6,11-12H2,1-3H3. The quantitative estimate of drug-likeness (QED) is 0.531. The number of benzene rings is 1. The third kappa shape index (κ3) is 5.06. The van der Waals surface area contributed by atoms with Gasteiger partial charge in [0.1, 0.15) is 10.6 Å². The zero-order valence-electron chi connectivity index (χ0n) is 13.9. The summed E-state index contributed by atoms with van der Waals surface area (Å²) in [5, 5.41) is 0.877. The van der Waals surface area contributed by atoms with Crippen molar-refractivity contribution in [3.05, 3.63) is 45.4 Å². The second kappa shape index (κ2) is 8.67. The molecule has 2 aromatic rings. The molecule has 0 unspecified atom stereocenters. The van der Waals surface area contributed by atoms with E-state index >= 15 is 0 Å². The molecule has 0 bridgehead atoms. The molecule has 4 nitrogen and oxygen atoms in total. The molecular formula is C18H23NO3S. The fourth-order valence-corrected chi connectivity index (χ4v) is 3.01. The number of hydrogen-bond acceptors (Lipinski definition) is 5. The molecule has 0 saturated heterocycles. The first kappa shape index (κ1) is 17.5. The number of carbonyl (C=O) groups excluding carboxylic acids is 1. The number of unbranched alkanes of at least 4 members (excludes halogenated alkanes) is 1. The Hall–Kier alpha value is -1.88. The van der Waals surface area contributed by atoms with Crippen molar-refractivity contribution in [1.29, 1.82) is 0 Å². The Morgan fingerprint density at radius 2 is 1.96 bits per heavy atom. The van der Waals surface area contributed by atoms with Gasteiger partial charge in [-0.3, -0.25) is 0 Å². The van der Waals surface area contributed by atoms with Crippen LogP contribution in [0, 0.1) is 6.92 Å². The molecule has 0 N–H and O–H groups in total. The first-order valence-electron chi connectivity index (χ1n) is 7.99. The molecule has 0 spiro atoms. The number of hydrogen-bond donors (Lipinski definition) is 0. The van der Waals surface area contributed by atoms with Crippen molar-refractivity contribution in [2.45, 2.75) is 40.0 Å². The van der Waals surface area contributed by atoms with Crippen LogP contribution in [-0.4, -0.2) is 24.2 Å². The van der Waals surface area contributed by atoms with Gasteiger partial charge in [-0.25, -0.2) is 9.78 Å². The van der Waals surface area contributed by atoms with Crippen LogP contribution in [0.5, 0.6) is 5.75 Å². The Labute approximate surface area is 141 Å². The molecule has 0 aliphatic carbocycles.